The van der Waals surface area contributed by atoms with Crippen LogP contribution in [0.2, 0.25) is 0 Å². The summed E-state index contributed by atoms with van der Waals surface area (Å²) in [5.74, 6) is -2.53. The number of carbonyl (C=O) groups excluding carboxylic acids is 4. The molecule has 0 aromatic heterocycles. The van der Waals surface area contributed by atoms with Crippen molar-refractivity contribution in [1.82, 2.24) is 10.6 Å². The van der Waals surface area contributed by atoms with Gasteiger partial charge in [0.1, 0.15) is 18.2 Å². The van der Waals surface area contributed by atoms with E-state index in [-0.39, 0.29) is 56.6 Å². The van der Waals surface area contributed by atoms with Gasteiger partial charge < -0.3 is 29.6 Å². The molecule has 248 valence electrons. The fourth-order valence-corrected chi connectivity index (χ4v) is 5.23. The summed E-state index contributed by atoms with van der Waals surface area (Å²) < 4.78 is 23.6. The normalized spacial score (nSPS) is 27.1. The van der Waals surface area contributed by atoms with E-state index in [0.29, 0.717) is 0 Å². The maximum Gasteiger partial charge on any atom is 0.347 e. The third kappa shape index (κ3) is 9.99. The van der Waals surface area contributed by atoms with E-state index >= 15 is 0 Å². The smallest absolute Gasteiger partial charge is 0.347 e. The second-order valence-electron chi connectivity index (χ2n) is 13.1. The number of nitrogens with one attached hydrogen (secondary N) is 2. The van der Waals surface area contributed by atoms with Gasteiger partial charge in [-0.3, -0.25) is 14.4 Å². The lowest BCUT2D eigenvalue weighted by atomic mass is 9.93. The first-order valence-corrected chi connectivity index (χ1v) is 15.9. The van der Waals surface area contributed by atoms with Gasteiger partial charge in [-0.25, -0.2) is 4.79 Å². The summed E-state index contributed by atoms with van der Waals surface area (Å²) in [5, 5.41) is 5.45. The third-order valence-corrected chi connectivity index (χ3v) is 8.15. The minimum Gasteiger partial charge on any atom is -0.459 e. The summed E-state index contributed by atoms with van der Waals surface area (Å²) in [7, 11) is 0. The van der Waals surface area contributed by atoms with Crippen molar-refractivity contribution < 1.29 is 38.1 Å². The standard InChI is InChI=1S/C36H46N2O8/c1-23(2)19-29-34(41)44-28(24(3)31-32(46-31)26-15-10-7-11-16-26)17-12-18-30(39)38-27(21-43-20-25-13-8-6-9-14-25)33(40)37-22-36(4,5)35(42)45-29/h6-16,18,23-24,27-29,31-32H,17,19-22H2,1-5H3,(H,37,40)(H,38,39)/b18-12+/t24-,27+,28-,29-,31+,32+/m0/s1. The SMILES string of the molecule is CC(C)C[C@@H]1OC(=O)C(C)(C)CNC(=O)[C@@H](COCc2ccccc2)NC(=O)/C=C/C[C@@H]([C@H](C)[C@H]2O[C@@H]2c2ccccc2)OC1=O. The van der Waals surface area contributed by atoms with E-state index in [1.807, 2.05) is 81.4 Å². The highest BCUT2D eigenvalue weighted by atomic mass is 16.6. The summed E-state index contributed by atoms with van der Waals surface area (Å²) in [5.41, 5.74) is 0.770. The summed E-state index contributed by atoms with van der Waals surface area (Å²) in [6.07, 6.45) is 1.27. The minimum absolute atomic E-state index is 0.0316. The molecule has 2 N–H and O–H groups in total. The molecule has 2 aromatic rings. The van der Waals surface area contributed by atoms with Crippen molar-refractivity contribution in [2.24, 2.45) is 17.3 Å². The minimum atomic E-state index is -1.18. The van der Waals surface area contributed by atoms with Crippen LogP contribution in [0.15, 0.2) is 72.8 Å². The van der Waals surface area contributed by atoms with Crippen molar-refractivity contribution in [3.8, 4) is 0 Å². The number of carbonyl (C=O) groups is 4. The van der Waals surface area contributed by atoms with Crippen molar-refractivity contribution in [3.05, 3.63) is 83.9 Å². The molecular formula is C36H46N2O8. The Bertz CT molecular complexity index is 1360. The zero-order chi connectivity index (χ0) is 33.3. The zero-order valence-corrected chi connectivity index (χ0v) is 27.3. The first-order valence-electron chi connectivity index (χ1n) is 15.9. The van der Waals surface area contributed by atoms with Crippen molar-refractivity contribution in [2.75, 3.05) is 13.2 Å². The van der Waals surface area contributed by atoms with Crippen LogP contribution < -0.4 is 10.6 Å². The Morgan fingerprint density at radius 1 is 0.935 bits per heavy atom. The highest BCUT2D eigenvalue weighted by Gasteiger charge is 2.48. The number of esters is 2. The maximum atomic E-state index is 13.5. The van der Waals surface area contributed by atoms with Crippen LogP contribution in [0.4, 0.5) is 0 Å². The molecule has 6 atom stereocenters. The number of rotatable bonds is 9. The molecule has 4 rings (SSSR count). The highest BCUT2D eigenvalue weighted by molar-refractivity contribution is 5.93. The van der Waals surface area contributed by atoms with Crippen molar-refractivity contribution in [2.45, 2.75) is 84.5 Å². The van der Waals surface area contributed by atoms with Crippen LogP contribution >= 0.6 is 0 Å². The third-order valence-electron chi connectivity index (χ3n) is 8.15. The van der Waals surface area contributed by atoms with Gasteiger partial charge >= 0.3 is 11.9 Å². The van der Waals surface area contributed by atoms with Gasteiger partial charge in [0.05, 0.1) is 24.7 Å². The van der Waals surface area contributed by atoms with Gasteiger partial charge in [-0.1, -0.05) is 87.5 Å². The second-order valence-corrected chi connectivity index (χ2v) is 13.1. The van der Waals surface area contributed by atoms with E-state index in [0.717, 1.165) is 11.1 Å². The molecule has 0 spiro atoms. The number of cyclic esters (lactones) is 2. The van der Waals surface area contributed by atoms with Gasteiger partial charge in [-0.05, 0) is 43.4 Å². The molecule has 0 saturated carbocycles. The van der Waals surface area contributed by atoms with Crippen molar-refractivity contribution in [1.29, 1.82) is 0 Å². The number of ether oxygens (including phenoxy) is 4. The Kier molecular flexibility index (Phi) is 12.1. The number of benzene rings is 2. The topological polar surface area (TPSA) is 133 Å². The Hall–Kier alpha value is -4.02. The molecule has 2 heterocycles. The molecule has 0 bridgehead atoms. The van der Waals surface area contributed by atoms with Gasteiger partial charge in [0.15, 0.2) is 6.10 Å². The molecule has 2 aliphatic heterocycles. The van der Waals surface area contributed by atoms with Crippen LogP contribution in [-0.4, -0.2) is 61.3 Å². The summed E-state index contributed by atoms with van der Waals surface area (Å²) in [6.45, 7) is 9.12. The molecule has 2 amide bonds. The molecule has 0 aliphatic carbocycles. The number of epoxide rings is 1. The van der Waals surface area contributed by atoms with E-state index in [1.165, 1.54) is 6.08 Å². The van der Waals surface area contributed by atoms with Crippen LogP contribution in [0.1, 0.15) is 64.7 Å². The fraction of sp³-hybridized carbons (Fsp3) is 0.500. The molecule has 1 saturated heterocycles. The lowest BCUT2D eigenvalue weighted by Gasteiger charge is -2.29. The predicted molar refractivity (Wildman–Crippen MR) is 171 cm³/mol. The Morgan fingerprint density at radius 3 is 2.28 bits per heavy atom. The highest BCUT2D eigenvalue weighted by Crippen LogP contribution is 2.45. The van der Waals surface area contributed by atoms with Crippen LogP contribution in [-0.2, 0) is 44.7 Å². The molecule has 1 fully saturated rings. The molecule has 0 radical (unpaired) electrons. The fourth-order valence-electron chi connectivity index (χ4n) is 5.23. The molecule has 10 heteroatoms. The monoisotopic (exact) mass is 634 g/mol. The first-order chi connectivity index (χ1) is 21.9. The molecule has 46 heavy (non-hydrogen) atoms. The van der Waals surface area contributed by atoms with Gasteiger partial charge in [-0.2, -0.15) is 0 Å². The average Bonchev–Trinajstić information content (AvgIpc) is 3.83. The summed E-state index contributed by atoms with van der Waals surface area (Å²) >= 11 is 0. The van der Waals surface area contributed by atoms with E-state index in [4.69, 9.17) is 18.9 Å². The van der Waals surface area contributed by atoms with E-state index in [2.05, 4.69) is 10.6 Å². The molecule has 10 nitrogen and oxygen atoms in total. The summed E-state index contributed by atoms with van der Waals surface area (Å²) in [4.78, 5) is 53.2. The van der Waals surface area contributed by atoms with Crippen LogP contribution in [0.25, 0.3) is 0 Å². The Labute approximate surface area is 271 Å². The van der Waals surface area contributed by atoms with E-state index < -0.39 is 47.4 Å². The van der Waals surface area contributed by atoms with Gasteiger partial charge in [0.2, 0.25) is 11.8 Å². The average molecular weight is 635 g/mol. The maximum absolute atomic E-state index is 13.5. The van der Waals surface area contributed by atoms with Gasteiger partial charge in [0.25, 0.3) is 0 Å². The Balaban J connectivity index is 1.55. The molecule has 2 aliphatic rings. The van der Waals surface area contributed by atoms with Crippen LogP contribution in [0.3, 0.4) is 0 Å². The van der Waals surface area contributed by atoms with Gasteiger partial charge in [0, 0.05) is 18.9 Å². The van der Waals surface area contributed by atoms with E-state index in [9.17, 15) is 19.2 Å². The molecule has 0 unspecified atom stereocenters. The van der Waals surface area contributed by atoms with Crippen molar-refractivity contribution in [3.63, 3.8) is 0 Å². The number of hydrogen-bond donors (Lipinski definition) is 2. The lowest BCUT2D eigenvalue weighted by molar-refractivity contribution is -0.179. The summed E-state index contributed by atoms with van der Waals surface area (Å²) in [6, 6.07) is 18.3. The van der Waals surface area contributed by atoms with Gasteiger partial charge in [-0.15, -0.1) is 0 Å². The molecule has 2 aromatic carbocycles. The van der Waals surface area contributed by atoms with Crippen molar-refractivity contribution >= 4 is 23.8 Å². The predicted octanol–water partition coefficient (Wildman–Crippen LogP) is 4.44. The molecular weight excluding hydrogens is 588 g/mol. The van der Waals surface area contributed by atoms with Crippen LogP contribution in [0, 0.1) is 17.3 Å². The quantitative estimate of drug-likeness (QED) is 0.306. The number of hydrogen-bond acceptors (Lipinski definition) is 8. The first kappa shape index (κ1) is 34.8. The zero-order valence-electron chi connectivity index (χ0n) is 27.3. The largest absolute Gasteiger partial charge is 0.459 e. The number of amides is 2. The lowest BCUT2D eigenvalue weighted by Crippen LogP contribution is -2.52. The Morgan fingerprint density at radius 2 is 1.61 bits per heavy atom. The van der Waals surface area contributed by atoms with E-state index in [1.54, 1.807) is 19.9 Å². The van der Waals surface area contributed by atoms with Crippen LogP contribution in [0.5, 0.6) is 0 Å². The second kappa shape index (κ2) is 16.0.